The molecule has 6 nitrogen and oxygen atoms in total. The topological polar surface area (TPSA) is 73.2 Å². The molecule has 3 aromatic rings. The van der Waals surface area contributed by atoms with Crippen molar-refractivity contribution in [3.05, 3.63) is 65.9 Å². The standard InChI is InChI=1S/C16H12ClF2N3O3S/c17-14-10-13(5-6-15(14)25-16(18)19)26(23,24)21-11-3-1-4-12(9-11)22-8-2-7-20-22/h1-10,16,21H. The van der Waals surface area contributed by atoms with E-state index in [0.29, 0.717) is 11.4 Å². The Morgan fingerprint density at radius 1 is 1.15 bits per heavy atom. The van der Waals surface area contributed by atoms with E-state index in [1.165, 1.54) is 0 Å². The molecule has 0 bridgehead atoms. The van der Waals surface area contributed by atoms with Crippen LogP contribution in [0.4, 0.5) is 14.5 Å². The molecule has 0 atom stereocenters. The van der Waals surface area contributed by atoms with Gasteiger partial charge < -0.3 is 4.74 Å². The highest BCUT2D eigenvalue weighted by atomic mass is 35.5. The predicted molar refractivity (Wildman–Crippen MR) is 92.5 cm³/mol. The van der Waals surface area contributed by atoms with Crippen molar-refractivity contribution in [2.24, 2.45) is 0 Å². The molecule has 136 valence electrons. The number of rotatable bonds is 6. The molecule has 0 aliphatic carbocycles. The van der Waals surface area contributed by atoms with Crippen LogP contribution in [-0.4, -0.2) is 24.8 Å². The highest BCUT2D eigenvalue weighted by molar-refractivity contribution is 7.92. The van der Waals surface area contributed by atoms with Crippen molar-refractivity contribution in [1.29, 1.82) is 0 Å². The second-order valence-corrected chi connectivity index (χ2v) is 7.17. The summed E-state index contributed by atoms with van der Waals surface area (Å²) in [7, 11) is -3.97. The minimum Gasteiger partial charge on any atom is -0.433 e. The highest BCUT2D eigenvalue weighted by Gasteiger charge is 2.18. The second kappa shape index (κ2) is 7.30. The fraction of sp³-hybridized carbons (Fsp3) is 0.0625. The maximum Gasteiger partial charge on any atom is 0.387 e. The quantitative estimate of drug-likeness (QED) is 0.681. The Morgan fingerprint density at radius 2 is 1.96 bits per heavy atom. The molecule has 2 aromatic carbocycles. The van der Waals surface area contributed by atoms with E-state index in [0.717, 1.165) is 18.2 Å². The monoisotopic (exact) mass is 399 g/mol. The van der Waals surface area contributed by atoms with E-state index < -0.39 is 16.6 Å². The first-order valence-electron chi connectivity index (χ1n) is 7.22. The Morgan fingerprint density at radius 3 is 2.62 bits per heavy atom. The lowest BCUT2D eigenvalue weighted by atomic mass is 10.3. The van der Waals surface area contributed by atoms with Crippen LogP contribution < -0.4 is 9.46 Å². The van der Waals surface area contributed by atoms with Crippen LogP contribution in [0.3, 0.4) is 0 Å². The highest BCUT2D eigenvalue weighted by Crippen LogP contribution is 2.29. The first kappa shape index (κ1) is 18.2. The number of hydrogen-bond donors (Lipinski definition) is 1. The summed E-state index contributed by atoms with van der Waals surface area (Å²) in [6.07, 6.45) is 3.32. The van der Waals surface area contributed by atoms with Crippen molar-refractivity contribution in [1.82, 2.24) is 9.78 Å². The molecule has 0 radical (unpaired) electrons. The molecular weight excluding hydrogens is 388 g/mol. The fourth-order valence-corrected chi connectivity index (χ4v) is 3.55. The van der Waals surface area contributed by atoms with Gasteiger partial charge in [0, 0.05) is 12.4 Å². The molecule has 1 aromatic heterocycles. The zero-order valence-electron chi connectivity index (χ0n) is 13.0. The Bertz CT molecular complexity index is 1010. The van der Waals surface area contributed by atoms with Crippen LogP contribution in [-0.2, 0) is 10.0 Å². The number of halogens is 3. The summed E-state index contributed by atoms with van der Waals surface area (Å²) in [6, 6.07) is 11.6. The van der Waals surface area contributed by atoms with Crippen molar-refractivity contribution in [3.8, 4) is 11.4 Å². The van der Waals surface area contributed by atoms with E-state index in [4.69, 9.17) is 11.6 Å². The molecular formula is C16H12ClF2N3O3S. The Balaban J connectivity index is 1.85. The molecule has 26 heavy (non-hydrogen) atoms. The SMILES string of the molecule is O=S(=O)(Nc1cccc(-n2cccn2)c1)c1ccc(OC(F)F)c(Cl)c1. The number of hydrogen-bond acceptors (Lipinski definition) is 4. The molecule has 1 heterocycles. The molecule has 0 saturated carbocycles. The normalized spacial score (nSPS) is 11.5. The van der Waals surface area contributed by atoms with Gasteiger partial charge in [0.25, 0.3) is 10.0 Å². The number of aromatic nitrogens is 2. The zero-order chi connectivity index (χ0) is 18.7. The third-order valence-electron chi connectivity index (χ3n) is 3.30. The fourth-order valence-electron chi connectivity index (χ4n) is 2.19. The largest absolute Gasteiger partial charge is 0.433 e. The summed E-state index contributed by atoms with van der Waals surface area (Å²) < 4.78 is 57.7. The summed E-state index contributed by atoms with van der Waals surface area (Å²) in [5.41, 5.74) is 0.968. The van der Waals surface area contributed by atoms with Crippen molar-refractivity contribution in [3.63, 3.8) is 0 Å². The molecule has 0 saturated heterocycles. The van der Waals surface area contributed by atoms with Crippen LogP contribution in [0, 0.1) is 0 Å². The predicted octanol–water partition coefficient (Wildman–Crippen LogP) is 3.93. The van der Waals surface area contributed by atoms with Gasteiger partial charge in [-0.05, 0) is 42.5 Å². The summed E-state index contributed by atoms with van der Waals surface area (Å²) in [5.74, 6) is -0.304. The van der Waals surface area contributed by atoms with Crippen LogP contribution in [0.2, 0.25) is 5.02 Å². The van der Waals surface area contributed by atoms with Gasteiger partial charge in [-0.25, -0.2) is 13.1 Å². The minimum absolute atomic E-state index is 0.186. The van der Waals surface area contributed by atoms with Crippen LogP contribution >= 0.6 is 11.6 Å². The lowest BCUT2D eigenvalue weighted by molar-refractivity contribution is -0.0498. The molecule has 0 unspecified atom stereocenters. The van der Waals surface area contributed by atoms with Crippen LogP contribution in [0.1, 0.15) is 0 Å². The second-order valence-electron chi connectivity index (χ2n) is 5.08. The maximum absolute atomic E-state index is 12.5. The van der Waals surface area contributed by atoms with Gasteiger partial charge in [0.1, 0.15) is 5.75 Å². The molecule has 10 heteroatoms. The van der Waals surface area contributed by atoms with Crippen molar-refractivity contribution >= 4 is 27.3 Å². The van der Waals surface area contributed by atoms with E-state index in [1.807, 2.05) is 0 Å². The summed E-state index contributed by atoms with van der Waals surface area (Å²) in [5, 5.41) is 3.84. The van der Waals surface area contributed by atoms with E-state index in [-0.39, 0.29) is 15.7 Å². The van der Waals surface area contributed by atoms with Gasteiger partial charge in [0.05, 0.1) is 21.3 Å². The number of anilines is 1. The van der Waals surface area contributed by atoms with Crippen molar-refractivity contribution < 1.29 is 21.9 Å². The van der Waals surface area contributed by atoms with Gasteiger partial charge in [-0.15, -0.1) is 0 Å². The summed E-state index contributed by atoms with van der Waals surface area (Å²) >= 11 is 5.81. The van der Waals surface area contributed by atoms with Gasteiger partial charge in [0.15, 0.2) is 0 Å². The minimum atomic E-state index is -3.97. The van der Waals surface area contributed by atoms with Crippen molar-refractivity contribution in [2.45, 2.75) is 11.5 Å². The average Bonchev–Trinajstić information content (AvgIpc) is 3.10. The van der Waals surface area contributed by atoms with Gasteiger partial charge >= 0.3 is 6.61 Å². The van der Waals surface area contributed by atoms with Crippen LogP contribution in [0.25, 0.3) is 5.69 Å². The molecule has 0 amide bonds. The molecule has 0 aliphatic rings. The number of benzene rings is 2. The van der Waals surface area contributed by atoms with E-state index in [1.54, 1.807) is 47.4 Å². The van der Waals surface area contributed by atoms with Gasteiger partial charge in [-0.2, -0.15) is 13.9 Å². The lowest BCUT2D eigenvalue weighted by Gasteiger charge is -2.11. The third kappa shape index (κ3) is 4.12. The van der Waals surface area contributed by atoms with Gasteiger partial charge in [-0.1, -0.05) is 17.7 Å². The number of alkyl halides is 2. The molecule has 1 N–H and O–H groups in total. The van der Waals surface area contributed by atoms with Crippen molar-refractivity contribution in [2.75, 3.05) is 4.72 Å². The summed E-state index contributed by atoms with van der Waals surface area (Å²) in [4.78, 5) is -0.186. The Labute approximate surface area is 153 Å². The molecule has 3 rings (SSSR count). The van der Waals surface area contributed by atoms with Gasteiger partial charge in [0.2, 0.25) is 0 Å². The maximum atomic E-state index is 12.5. The Kier molecular flexibility index (Phi) is 5.10. The Hall–Kier alpha value is -2.65. The number of nitrogens with one attached hydrogen (secondary N) is 1. The smallest absolute Gasteiger partial charge is 0.387 e. The first-order chi connectivity index (χ1) is 12.3. The van der Waals surface area contributed by atoms with E-state index in [2.05, 4.69) is 14.6 Å². The zero-order valence-corrected chi connectivity index (χ0v) is 14.6. The summed E-state index contributed by atoms with van der Waals surface area (Å²) in [6.45, 7) is -3.06. The first-order valence-corrected chi connectivity index (χ1v) is 9.08. The number of sulfonamides is 1. The molecule has 0 spiro atoms. The number of nitrogens with zero attached hydrogens (tertiary/aromatic N) is 2. The number of ether oxygens (including phenoxy) is 1. The lowest BCUT2D eigenvalue weighted by Crippen LogP contribution is -2.13. The van der Waals surface area contributed by atoms with Gasteiger partial charge in [-0.3, -0.25) is 4.72 Å². The molecule has 0 aliphatic heterocycles. The van der Waals surface area contributed by atoms with E-state index >= 15 is 0 Å². The molecule has 0 fully saturated rings. The third-order valence-corrected chi connectivity index (χ3v) is 4.97. The van der Waals surface area contributed by atoms with E-state index in [9.17, 15) is 17.2 Å². The van der Waals surface area contributed by atoms with Crippen LogP contribution in [0.15, 0.2) is 65.8 Å². The van der Waals surface area contributed by atoms with Crippen LogP contribution in [0.5, 0.6) is 5.75 Å². The average molecular weight is 400 g/mol.